The van der Waals surface area contributed by atoms with Crippen LogP contribution in [0.4, 0.5) is 0 Å². The minimum atomic E-state index is -0.180. The normalized spacial score (nSPS) is 11.7. The monoisotopic (exact) mass is 273 g/mol. The smallest absolute Gasteiger partial charge is 0.251 e. The van der Waals surface area contributed by atoms with Crippen molar-refractivity contribution >= 4 is 5.91 Å². The molecule has 0 aliphatic carbocycles. The summed E-state index contributed by atoms with van der Waals surface area (Å²) in [4.78, 5) is 12.3. The quantitative estimate of drug-likeness (QED) is 0.828. The first kappa shape index (κ1) is 16.3. The molecule has 3 heteroatoms. The van der Waals surface area contributed by atoms with Crippen LogP contribution in [0.2, 0.25) is 0 Å². The molecule has 0 aromatic heterocycles. The van der Waals surface area contributed by atoms with E-state index in [0.29, 0.717) is 11.5 Å². The van der Waals surface area contributed by atoms with Crippen LogP contribution < -0.4 is 5.32 Å². The van der Waals surface area contributed by atoms with Gasteiger partial charge in [0.25, 0.3) is 5.91 Å². The van der Waals surface area contributed by atoms with Gasteiger partial charge in [0.15, 0.2) is 0 Å². The Kier molecular flexibility index (Phi) is 6.27. The molecule has 0 radical (unpaired) electrons. The van der Waals surface area contributed by atoms with Crippen molar-refractivity contribution in [2.24, 2.45) is 5.92 Å². The van der Waals surface area contributed by atoms with Crippen LogP contribution in [-0.2, 0) is 0 Å². The number of aryl methyl sites for hydroxylation is 1. The highest BCUT2D eigenvalue weighted by molar-refractivity contribution is 5.96. The van der Waals surface area contributed by atoms with Crippen LogP contribution in [0.5, 0.6) is 0 Å². The summed E-state index contributed by atoms with van der Waals surface area (Å²) in [5, 5.41) is 11.7. The maximum atomic E-state index is 12.3. The van der Waals surface area contributed by atoms with Gasteiger partial charge < -0.3 is 10.4 Å². The fourth-order valence-corrected chi connectivity index (χ4v) is 2.15. The van der Waals surface area contributed by atoms with E-state index in [1.54, 1.807) is 6.07 Å². The lowest BCUT2D eigenvalue weighted by atomic mass is 10.0. The summed E-state index contributed by atoms with van der Waals surface area (Å²) in [6.07, 6.45) is 0.953. The summed E-state index contributed by atoms with van der Waals surface area (Å²) in [6, 6.07) is 5.65. The van der Waals surface area contributed by atoms with E-state index >= 15 is 0 Å². The van der Waals surface area contributed by atoms with Gasteiger partial charge in [0.1, 0.15) is 6.61 Å². The Bertz CT molecular complexity index is 524. The van der Waals surface area contributed by atoms with Gasteiger partial charge >= 0.3 is 0 Å². The molecule has 1 aromatic carbocycles. The number of rotatable bonds is 4. The Morgan fingerprint density at radius 3 is 2.65 bits per heavy atom. The molecule has 0 aliphatic heterocycles. The van der Waals surface area contributed by atoms with E-state index in [-0.39, 0.29) is 18.6 Å². The first-order valence-corrected chi connectivity index (χ1v) is 6.95. The molecule has 0 aliphatic rings. The van der Waals surface area contributed by atoms with Crippen LogP contribution in [0.15, 0.2) is 18.2 Å². The third-order valence-corrected chi connectivity index (χ3v) is 3.00. The van der Waals surface area contributed by atoms with E-state index < -0.39 is 0 Å². The minimum absolute atomic E-state index is 0.0664. The van der Waals surface area contributed by atoms with E-state index in [0.717, 1.165) is 17.5 Å². The summed E-state index contributed by atoms with van der Waals surface area (Å²) in [5.74, 6) is 5.90. The number of hydrogen-bond acceptors (Lipinski definition) is 2. The van der Waals surface area contributed by atoms with Crippen molar-refractivity contribution in [2.75, 3.05) is 6.61 Å². The molecule has 0 bridgehead atoms. The summed E-state index contributed by atoms with van der Waals surface area (Å²) < 4.78 is 0. The van der Waals surface area contributed by atoms with E-state index in [1.807, 2.05) is 26.0 Å². The van der Waals surface area contributed by atoms with Crippen LogP contribution in [0, 0.1) is 24.7 Å². The molecular formula is C17H23NO2. The number of carbonyl (C=O) groups excluding carboxylic acids is 1. The number of aliphatic hydroxyl groups is 1. The van der Waals surface area contributed by atoms with Crippen molar-refractivity contribution in [3.8, 4) is 11.8 Å². The molecule has 1 aromatic rings. The maximum Gasteiger partial charge on any atom is 0.251 e. The van der Waals surface area contributed by atoms with E-state index in [9.17, 15) is 4.79 Å². The molecule has 1 atom stereocenters. The van der Waals surface area contributed by atoms with Crippen LogP contribution in [-0.4, -0.2) is 23.7 Å². The molecule has 0 saturated carbocycles. The van der Waals surface area contributed by atoms with Crippen LogP contribution >= 0.6 is 0 Å². The maximum absolute atomic E-state index is 12.3. The van der Waals surface area contributed by atoms with E-state index in [2.05, 4.69) is 31.0 Å². The Hall–Kier alpha value is -1.79. The van der Waals surface area contributed by atoms with Gasteiger partial charge in [-0.25, -0.2) is 0 Å². The minimum Gasteiger partial charge on any atom is -0.384 e. The van der Waals surface area contributed by atoms with Gasteiger partial charge in [-0.15, -0.1) is 0 Å². The second-order valence-electron chi connectivity index (χ2n) is 5.49. The van der Waals surface area contributed by atoms with Crippen molar-refractivity contribution in [1.29, 1.82) is 0 Å². The van der Waals surface area contributed by atoms with Crippen molar-refractivity contribution < 1.29 is 9.90 Å². The molecule has 0 heterocycles. The molecule has 1 unspecified atom stereocenters. The predicted octanol–water partition coefficient (Wildman–Crippen LogP) is 2.50. The second kappa shape index (κ2) is 7.72. The lowest BCUT2D eigenvalue weighted by Gasteiger charge is -2.16. The topological polar surface area (TPSA) is 49.3 Å². The number of amides is 1. The van der Waals surface area contributed by atoms with Crippen molar-refractivity contribution in [3.05, 3.63) is 34.9 Å². The second-order valence-corrected chi connectivity index (χ2v) is 5.49. The highest BCUT2D eigenvalue weighted by Crippen LogP contribution is 2.12. The molecule has 3 nitrogen and oxygen atoms in total. The van der Waals surface area contributed by atoms with Crippen molar-refractivity contribution in [1.82, 2.24) is 5.32 Å². The van der Waals surface area contributed by atoms with Gasteiger partial charge in [-0.1, -0.05) is 31.8 Å². The summed E-state index contributed by atoms with van der Waals surface area (Å²) >= 11 is 0. The summed E-state index contributed by atoms with van der Waals surface area (Å²) in [6.45, 7) is 8.02. The number of benzene rings is 1. The van der Waals surface area contributed by atoms with Crippen LogP contribution in [0.1, 0.15) is 48.7 Å². The zero-order valence-electron chi connectivity index (χ0n) is 12.7. The number of hydrogen-bond donors (Lipinski definition) is 2. The standard InChI is InChI=1S/C17H23NO2/c1-12(2)10-14(4)18-17(20)16-11-15(6-5-9-19)8-7-13(16)3/h7-8,11-12,14,19H,9-10H2,1-4H3,(H,18,20). The SMILES string of the molecule is Cc1ccc(C#CCO)cc1C(=O)NC(C)CC(C)C. The number of aliphatic hydroxyl groups excluding tert-OH is 1. The average molecular weight is 273 g/mol. The fraction of sp³-hybridized carbons (Fsp3) is 0.471. The van der Waals surface area contributed by atoms with Crippen molar-refractivity contribution in [2.45, 2.75) is 40.2 Å². The van der Waals surface area contributed by atoms with E-state index in [1.165, 1.54) is 0 Å². The zero-order chi connectivity index (χ0) is 15.1. The molecule has 20 heavy (non-hydrogen) atoms. The van der Waals surface area contributed by atoms with Crippen molar-refractivity contribution in [3.63, 3.8) is 0 Å². The summed E-state index contributed by atoms with van der Waals surface area (Å²) in [7, 11) is 0. The number of carbonyl (C=O) groups is 1. The van der Waals surface area contributed by atoms with Gasteiger partial charge in [0.05, 0.1) is 0 Å². The molecule has 1 amide bonds. The van der Waals surface area contributed by atoms with Gasteiger partial charge in [-0.2, -0.15) is 0 Å². The Balaban J connectivity index is 2.86. The zero-order valence-corrected chi connectivity index (χ0v) is 12.7. The first-order chi connectivity index (χ1) is 9.43. The van der Waals surface area contributed by atoms with Gasteiger partial charge in [0.2, 0.25) is 0 Å². The Morgan fingerprint density at radius 2 is 2.05 bits per heavy atom. The molecule has 108 valence electrons. The van der Waals surface area contributed by atoms with Gasteiger partial charge in [-0.05, 0) is 43.9 Å². The summed E-state index contributed by atoms with van der Waals surface area (Å²) in [5.41, 5.74) is 2.31. The van der Waals surface area contributed by atoms with E-state index in [4.69, 9.17) is 5.11 Å². The molecule has 0 saturated heterocycles. The fourth-order valence-electron chi connectivity index (χ4n) is 2.15. The molecule has 2 N–H and O–H groups in total. The largest absolute Gasteiger partial charge is 0.384 e. The van der Waals surface area contributed by atoms with Gasteiger partial charge in [0, 0.05) is 17.2 Å². The Morgan fingerprint density at radius 1 is 1.35 bits per heavy atom. The lowest BCUT2D eigenvalue weighted by Crippen LogP contribution is -2.33. The highest BCUT2D eigenvalue weighted by atomic mass is 16.2. The predicted molar refractivity (Wildman–Crippen MR) is 81.5 cm³/mol. The third-order valence-electron chi connectivity index (χ3n) is 3.00. The molecule has 0 spiro atoms. The molecular weight excluding hydrogens is 250 g/mol. The lowest BCUT2D eigenvalue weighted by molar-refractivity contribution is 0.0935. The first-order valence-electron chi connectivity index (χ1n) is 6.95. The van der Waals surface area contributed by atoms with Crippen LogP contribution in [0.25, 0.3) is 0 Å². The molecule has 1 rings (SSSR count). The Labute approximate surface area is 121 Å². The highest BCUT2D eigenvalue weighted by Gasteiger charge is 2.13. The molecule has 0 fully saturated rings. The number of nitrogens with one attached hydrogen (secondary N) is 1. The van der Waals surface area contributed by atoms with Crippen LogP contribution in [0.3, 0.4) is 0 Å². The average Bonchev–Trinajstić information content (AvgIpc) is 2.36. The third kappa shape index (κ3) is 5.07. The van der Waals surface area contributed by atoms with Gasteiger partial charge in [-0.3, -0.25) is 4.79 Å².